The molecule has 0 spiro atoms. The highest BCUT2D eigenvalue weighted by molar-refractivity contribution is 7.86. The average Bonchev–Trinajstić information content (AvgIpc) is 2.60. The summed E-state index contributed by atoms with van der Waals surface area (Å²) in [4.78, 5) is 0. The molecule has 1 N–H and O–H groups in total. The van der Waals surface area contributed by atoms with Crippen LogP contribution in [0.5, 0.6) is 0 Å². The fraction of sp³-hybridized carbons (Fsp3) is 0.571. The van der Waals surface area contributed by atoms with Gasteiger partial charge in [0.15, 0.2) is 17.5 Å². The van der Waals surface area contributed by atoms with Crippen LogP contribution in [-0.4, -0.2) is 25.4 Å². The summed E-state index contributed by atoms with van der Waals surface area (Å²) in [6.07, 6.45) is 2.45. The van der Waals surface area contributed by atoms with E-state index in [2.05, 4.69) is 0 Å². The molecule has 0 aliphatic carbocycles. The van der Waals surface area contributed by atoms with Gasteiger partial charge in [0.25, 0.3) is 0 Å². The molecule has 0 aromatic heterocycles. The van der Waals surface area contributed by atoms with E-state index in [1.165, 1.54) is 0 Å². The molecular weight excluding hydrogens is 289 g/mol. The van der Waals surface area contributed by atoms with E-state index in [1.807, 2.05) is 0 Å². The highest BCUT2D eigenvalue weighted by Gasteiger charge is 2.47. The minimum Gasteiger partial charge on any atom is -0.389 e. The van der Waals surface area contributed by atoms with Crippen LogP contribution in [0.2, 0.25) is 0 Å². The fourth-order valence-corrected chi connectivity index (χ4v) is 5.64. The number of aliphatic hydroxyl groups is 1. The van der Waals surface area contributed by atoms with Crippen molar-refractivity contribution >= 4 is 10.8 Å². The highest BCUT2D eigenvalue weighted by Crippen LogP contribution is 2.42. The Bertz CT molecular complexity index is 537. The van der Waals surface area contributed by atoms with Crippen molar-refractivity contribution in [3.8, 4) is 0 Å². The third kappa shape index (κ3) is 2.39. The lowest BCUT2D eigenvalue weighted by Gasteiger charge is -2.36. The van der Waals surface area contributed by atoms with Crippen molar-refractivity contribution in [1.82, 2.24) is 0 Å². The second-order valence-electron chi connectivity index (χ2n) is 5.83. The van der Waals surface area contributed by atoms with Gasteiger partial charge in [-0.05, 0) is 43.4 Å². The van der Waals surface area contributed by atoms with Crippen molar-refractivity contribution in [3.05, 3.63) is 35.1 Å². The number of fused-ring (bicyclic) bond motifs is 2. The minimum absolute atomic E-state index is 0.0334. The molecule has 20 heavy (non-hydrogen) atoms. The van der Waals surface area contributed by atoms with Crippen LogP contribution >= 0.6 is 0 Å². The van der Waals surface area contributed by atoms with E-state index >= 15 is 0 Å². The Morgan fingerprint density at radius 2 is 1.65 bits per heavy atom. The first-order valence-electron chi connectivity index (χ1n) is 6.63. The number of halogens is 3. The second kappa shape index (κ2) is 4.84. The molecule has 2 nitrogen and oxygen atoms in total. The van der Waals surface area contributed by atoms with E-state index in [0.29, 0.717) is 12.8 Å². The van der Waals surface area contributed by atoms with Crippen LogP contribution in [0.3, 0.4) is 0 Å². The summed E-state index contributed by atoms with van der Waals surface area (Å²) in [6.45, 7) is 0. The molecule has 2 atom stereocenters. The highest BCUT2D eigenvalue weighted by atomic mass is 32.2. The summed E-state index contributed by atoms with van der Waals surface area (Å²) < 4.78 is 51.2. The van der Waals surface area contributed by atoms with Crippen LogP contribution in [0.25, 0.3) is 0 Å². The largest absolute Gasteiger partial charge is 0.389 e. The fourth-order valence-electron chi connectivity index (χ4n) is 3.41. The van der Waals surface area contributed by atoms with E-state index < -0.39 is 33.9 Å². The summed E-state index contributed by atoms with van der Waals surface area (Å²) in [5, 5.41) is 10.5. The smallest absolute Gasteiger partial charge is 0.194 e. The standard InChI is InChI=1S/C14H15F3O2S/c15-11-3-8(4-12(16)13(11)17)5-14(18)6-9-1-2-10(7-14)20(9)19/h3-4,9-10,18H,1-2,5-7H2. The minimum atomic E-state index is -1.49. The van der Waals surface area contributed by atoms with Crippen LogP contribution in [0.15, 0.2) is 12.1 Å². The van der Waals surface area contributed by atoms with E-state index in [4.69, 9.17) is 0 Å². The quantitative estimate of drug-likeness (QED) is 0.852. The lowest BCUT2D eigenvalue weighted by molar-refractivity contribution is 0.0229. The number of hydrogen-bond donors (Lipinski definition) is 1. The third-order valence-corrected chi connectivity index (χ3v) is 6.38. The Hall–Kier alpha value is -0.880. The van der Waals surface area contributed by atoms with Crippen molar-refractivity contribution < 1.29 is 22.5 Å². The van der Waals surface area contributed by atoms with Gasteiger partial charge in [0, 0.05) is 27.7 Å². The lowest BCUT2D eigenvalue weighted by Crippen LogP contribution is -2.44. The van der Waals surface area contributed by atoms with Gasteiger partial charge >= 0.3 is 0 Å². The Kier molecular flexibility index (Phi) is 3.41. The molecular formula is C14H15F3O2S. The van der Waals surface area contributed by atoms with E-state index in [1.54, 1.807) is 0 Å². The summed E-state index contributed by atoms with van der Waals surface area (Å²) in [7, 11) is -0.904. The van der Waals surface area contributed by atoms with Crippen molar-refractivity contribution in [2.24, 2.45) is 0 Å². The first-order chi connectivity index (χ1) is 9.38. The maximum atomic E-state index is 13.2. The molecule has 2 aliphatic rings. The third-order valence-electron chi connectivity index (χ3n) is 4.26. The van der Waals surface area contributed by atoms with Gasteiger partial charge in [0.05, 0.1) is 5.60 Å². The molecule has 1 aromatic rings. The predicted octanol–water partition coefficient (Wildman–Crippen LogP) is 2.45. The molecule has 110 valence electrons. The molecule has 2 bridgehead atoms. The van der Waals surface area contributed by atoms with Gasteiger partial charge < -0.3 is 5.11 Å². The maximum absolute atomic E-state index is 13.2. The van der Waals surface area contributed by atoms with Crippen molar-refractivity contribution in [3.63, 3.8) is 0 Å². The number of rotatable bonds is 2. The Morgan fingerprint density at radius 1 is 1.15 bits per heavy atom. The van der Waals surface area contributed by atoms with Crippen LogP contribution < -0.4 is 0 Å². The molecule has 2 heterocycles. The molecule has 1 aromatic carbocycles. The summed E-state index contributed by atoms with van der Waals surface area (Å²) in [5.41, 5.74) is -0.868. The summed E-state index contributed by atoms with van der Waals surface area (Å²) >= 11 is 0. The number of benzene rings is 1. The van der Waals surface area contributed by atoms with E-state index in [9.17, 15) is 22.5 Å². The van der Waals surface area contributed by atoms with Gasteiger partial charge in [0.1, 0.15) is 0 Å². The molecule has 3 rings (SSSR count). The maximum Gasteiger partial charge on any atom is 0.194 e. The first-order valence-corrected chi connectivity index (χ1v) is 7.91. The van der Waals surface area contributed by atoms with Crippen LogP contribution in [0.4, 0.5) is 13.2 Å². The van der Waals surface area contributed by atoms with Crippen molar-refractivity contribution in [2.45, 2.75) is 48.2 Å². The van der Waals surface area contributed by atoms with Crippen LogP contribution in [0.1, 0.15) is 31.2 Å². The second-order valence-corrected chi connectivity index (χ2v) is 7.82. The molecule has 6 heteroatoms. The van der Waals surface area contributed by atoms with Crippen LogP contribution in [0, 0.1) is 17.5 Å². The molecule has 2 saturated heterocycles. The monoisotopic (exact) mass is 304 g/mol. The normalized spacial score (nSPS) is 36.3. The lowest BCUT2D eigenvalue weighted by atomic mass is 9.87. The predicted molar refractivity (Wildman–Crippen MR) is 69.2 cm³/mol. The van der Waals surface area contributed by atoms with Gasteiger partial charge in [-0.1, -0.05) is 0 Å². The molecule has 2 fully saturated rings. The molecule has 2 aliphatic heterocycles. The van der Waals surface area contributed by atoms with Gasteiger partial charge in [0.2, 0.25) is 0 Å². The zero-order valence-corrected chi connectivity index (χ0v) is 11.6. The Balaban J connectivity index is 1.83. The summed E-state index contributed by atoms with van der Waals surface area (Å²) in [6, 6.07) is 1.84. The first kappa shape index (κ1) is 14.1. The topological polar surface area (TPSA) is 37.3 Å². The SMILES string of the molecule is O=S1C2CCC1CC(O)(Cc1cc(F)c(F)c(F)c1)C2. The van der Waals surface area contributed by atoms with E-state index in [0.717, 1.165) is 25.0 Å². The zero-order valence-electron chi connectivity index (χ0n) is 10.7. The number of hydrogen-bond acceptors (Lipinski definition) is 2. The molecule has 0 amide bonds. The van der Waals surface area contributed by atoms with Gasteiger partial charge in [-0.25, -0.2) is 13.2 Å². The van der Waals surface area contributed by atoms with Gasteiger partial charge in [-0.3, -0.25) is 4.21 Å². The average molecular weight is 304 g/mol. The van der Waals surface area contributed by atoms with Crippen LogP contribution in [-0.2, 0) is 17.2 Å². The Morgan fingerprint density at radius 3 is 2.15 bits per heavy atom. The van der Waals surface area contributed by atoms with E-state index in [-0.39, 0.29) is 22.5 Å². The summed E-state index contributed by atoms with van der Waals surface area (Å²) in [5.74, 6) is -3.98. The zero-order chi connectivity index (χ0) is 14.5. The van der Waals surface area contributed by atoms with Crippen molar-refractivity contribution in [2.75, 3.05) is 0 Å². The van der Waals surface area contributed by atoms with Crippen molar-refractivity contribution in [1.29, 1.82) is 0 Å². The molecule has 0 radical (unpaired) electrons. The van der Waals surface area contributed by atoms with Gasteiger partial charge in [-0.2, -0.15) is 0 Å². The Labute approximate surface area is 117 Å². The molecule has 0 saturated carbocycles. The van der Waals surface area contributed by atoms with Gasteiger partial charge in [-0.15, -0.1) is 0 Å². The molecule has 2 unspecified atom stereocenters.